The number of hydrogen-bond donors (Lipinski definition) is 0. The summed E-state index contributed by atoms with van der Waals surface area (Å²) in [6.45, 7) is 0. The van der Waals surface area contributed by atoms with E-state index in [4.69, 9.17) is 4.98 Å². The minimum atomic E-state index is -4.00. The monoisotopic (exact) mass is 530 g/mol. The van der Waals surface area contributed by atoms with Crippen LogP contribution in [0.15, 0.2) is 113 Å². The molecule has 0 aliphatic carbocycles. The standard InChI is InChI=1S/C26H19BrN4O2S/c27-21-12-14-22(15-13-21)34(32,33)30-25-26(29-24-11-5-4-10-23(24)28-25)31-16-6-9-20(18-31)17-19-7-2-1-3-8-19/h1-16,18H,17H2. The van der Waals surface area contributed by atoms with Gasteiger partial charge in [-0.15, -0.1) is 0 Å². The lowest BCUT2D eigenvalue weighted by Crippen LogP contribution is -2.32. The Balaban J connectivity index is 1.59. The van der Waals surface area contributed by atoms with Crippen molar-refractivity contribution < 1.29 is 13.0 Å². The lowest BCUT2D eigenvalue weighted by Gasteiger charge is -2.16. The zero-order valence-corrected chi connectivity index (χ0v) is 20.3. The molecular formula is C26H19BrN4O2S. The predicted octanol–water partition coefficient (Wildman–Crippen LogP) is 5.65. The highest BCUT2D eigenvalue weighted by atomic mass is 79.9. The molecule has 0 N–H and O–H groups in total. The second-order valence-electron chi connectivity index (χ2n) is 7.66. The summed E-state index contributed by atoms with van der Waals surface area (Å²) in [7, 11) is -4.00. The first-order valence-electron chi connectivity index (χ1n) is 10.5. The molecule has 5 aromatic rings. The van der Waals surface area contributed by atoms with Gasteiger partial charge >= 0.3 is 5.82 Å². The number of aromatic nitrogens is 3. The minimum absolute atomic E-state index is 0.0310. The number of pyridine rings is 1. The average molecular weight is 531 g/mol. The summed E-state index contributed by atoms with van der Waals surface area (Å²) in [5, 5.41) is 0. The smallest absolute Gasteiger partial charge is 0.327 e. The van der Waals surface area contributed by atoms with Crippen LogP contribution < -0.4 is 4.57 Å². The Morgan fingerprint density at radius 3 is 2.15 bits per heavy atom. The Hall–Kier alpha value is -3.62. The number of sulfonamides is 1. The summed E-state index contributed by atoms with van der Waals surface area (Å²) < 4.78 is 32.8. The summed E-state index contributed by atoms with van der Waals surface area (Å²) in [4.78, 5) is 9.36. The highest BCUT2D eigenvalue weighted by Gasteiger charge is 2.18. The molecule has 0 amide bonds. The van der Waals surface area contributed by atoms with E-state index in [-0.39, 0.29) is 10.7 Å². The van der Waals surface area contributed by atoms with E-state index >= 15 is 0 Å². The number of benzene rings is 3. The lowest BCUT2D eigenvalue weighted by molar-refractivity contribution is -0.599. The normalized spacial score (nSPS) is 11.4. The van der Waals surface area contributed by atoms with E-state index in [1.54, 1.807) is 22.8 Å². The van der Waals surface area contributed by atoms with Crippen molar-refractivity contribution in [1.29, 1.82) is 0 Å². The zero-order chi connectivity index (χ0) is 23.5. The first-order chi connectivity index (χ1) is 16.5. The van der Waals surface area contributed by atoms with Gasteiger partial charge in [0.25, 0.3) is 0 Å². The van der Waals surface area contributed by atoms with Crippen LogP contribution >= 0.6 is 15.9 Å². The molecule has 0 bridgehead atoms. The van der Waals surface area contributed by atoms with Crippen molar-refractivity contribution in [3.63, 3.8) is 0 Å². The van der Waals surface area contributed by atoms with Crippen LogP contribution in [-0.4, -0.2) is 18.4 Å². The molecule has 8 heteroatoms. The third-order valence-corrected chi connectivity index (χ3v) is 7.02. The number of hydrogen-bond acceptors (Lipinski definition) is 4. The van der Waals surface area contributed by atoms with Gasteiger partial charge in [-0.3, -0.25) is 0 Å². The maximum Gasteiger partial charge on any atom is 0.327 e. The molecule has 2 heterocycles. The van der Waals surface area contributed by atoms with Gasteiger partial charge in [0.1, 0.15) is 0 Å². The van der Waals surface area contributed by atoms with E-state index in [9.17, 15) is 8.42 Å². The van der Waals surface area contributed by atoms with E-state index in [1.165, 1.54) is 17.7 Å². The van der Waals surface area contributed by atoms with Gasteiger partial charge in [-0.25, -0.2) is 13.0 Å². The fourth-order valence-corrected chi connectivity index (χ4v) is 4.78. The molecule has 0 saturated heterocycles. The molecule has 0 aliphatic rings. The summed E-state index contributed by atoms with van der Waals surface area (Å²) in [6.07, 6.45) is 4.47. The van der Waals surface area contributed by atoms with Crippen molar-refractivity contribution >= 4 is 42.8 Å². The Kier molecular flexibility index (Phi) is 6.08. The molecule has 0 radical (unpaired) electrons. The van der Waals surface area contributed by atoms with Crippen LogP contribution in [0.1, 0.15) is 11.1 Å². The van der Waals surface area contributed by atoms with Gasteiger partial charge in [0.05, 0.1) is 17.3 Å². The number of halogens is 1. The van der Waals surface area contributed by atoms with Gasteiger partial charge in [0, 0.05) is 22.2 Å². The fraction of sp³-hybridized carbons (Fsp3) is 0.0385. The highest BCUT2D eigenvalue weighted by Crippen LogP contribution is 2.30. The maximum absolute atomic E-state index is 13.1. The van der Waals surface area contributed by atoms with Crippen LogP contribution in [0.2, 0.25) is 0 Å². The third kappa shape index (κ3) is 4.83. The predicted molar refractivity (Wildman–Crippen MR) is 135 cm³/mol. The largest absolute Gasteiger partial charge is 0.425 e. The molecule has 0 spiro atoms. The molecule has 0 unspecified atom stereocenters. The molecule has 3 aromatic carbocycles. The van der Waals surface area contributed by atoms with E-state index in [1.807, 2.05) is 60.9 Å². The molecule has 168 valence electrons. The SMILES string of the molecule is O=S(=O)([N-]c1nc2ccccc2nc1-[n+]1cccc(Cc2ccccc2)c1)c1ccc(Br)cc1. The summed E-state index contributed by atoms with van der Waals surface area (Å²) >= 11 is 3.33. The average Bonchev–Trinajstić information content (AvgIpc) is 2.84. The van der Waals surface area contributed by atoms with Crippen LogP contribution in [0, 0.1) is 0 Å². The number of para-hydroxylation sites is 2. The molecule has 0 fully saturated rings. The lowest BCUT2D eigenvalue weighted by atomic mass is 10.1. The quantitative estimate of drug-likeness (QED) is 0.265. The molecule has 6 nitrogen and oxygen atoms in total. The third-order valence-electron chi connectivity index (χ3n) is 5.21. The van der Waals surface area contributed by atoms with Crippen molar-refractivity contribution in [2.75, 3.05) is 0 Å². The van der Waals surface area contributed by atoms with Gasteiger partial charge in [-0.2, -0.15) is 0 Å². The van der Waals surface area contributed by atoms with Crippen LogP contribution in [-0.2, 0) is 16.4 Å². The van der Waals surface area contributed by atoms with E-state index in [0.717, 1.165) is 16.5 Å². The molecule has 34 heavy (non-hydrogen) atoms. The fourth-order valence-electron chi connectivity index (χ4n) is 3.58. The van der Waals surface area contributed by atoms with Gasteiger partial charge in [-0.1, -0.05) is 70.5 Å². The van der Waals surface area contributed by atoms with Gasteiger partial charge in [0.15, 0.2) is 5.52 Å². The molecule has 2 aromatic heterocycles. The first-order valence-corrected chi connectivity index (χ1v) is 12.8. The van der Waals surface area contributed by atoms with Gasteiger partial charge in [-0.05, 0) is 52.5 Å². The Bertz CT molecular complexity index is 1570. The van der Waals surface area contributed by atoms with E-state index < -0.39 is 10.0 Å². The number of nitrogens with zero attached hydrogens (tertiary/aromatic N) is 4. The summed E-state index contributed by atoms with van der Waals surface area (Å²) in [5.74, 6) is 0.373. The van der Waals surface area contributed by atoms with E-state index in [2.05, 4.69) is 37.8 Å². The molecule has 0 aliphatic heterocycles. The number of fused-ring (bicyclic) bond motifs is 1. The molecule has 0 atom stereocenters. The van der Waals surface area contributed by atoms with Crippen LogP contribution in [0.4, 0.5) is 5.82 Å². The molecular weight excluding hydrogens is 512 g/mol. The Labute approximate surface area is 206 Å². The second kappa shape index (κ2) is 9.32. The first kappa shape index (κ1) is 22.2. The van der Waals surface area contributed by atoms with Crippen molar-refractivity contribution in [1.82, 2.24) is 9.97 Å². The van der Waals surface area contributed by atoms with Crippen molar-refractivity contribution in [2.24, 2.45) is 0 Å². The zero-order valence-electron chi connectivity index (χ0n) is 17.9. The van der Waals surface area contributed by atoms with E-state index in [0.29, 0.717) is 16.9 Å². The van der Waals surface area contributed by atoms with Gasteiger partial charge < -0.3 is 9.71 Å². The van der Waals surface area contributed by atoms with Crippen molar-refractivity contribution in [2.45, 2.75) is 11.3 Å². The Morgan fingerprint density at radius 2 is 1.41 bits per heavy atom. The second-order valence-corrected chi connectivity index (χ2v) is 10.2. The van der Waals surface area contributed by atoms with Crippen LogP contribution in [0.25, 0.3) is 21.6 Å². The van der Waals surface area contributed by atoms with Crippen molar-refractivity contribution in [3.05, 3.63) is 124 Å². The molecule has 5 rings (SSSR count). The van der Waals surface area contributed by atoms with Crippen LogP contribution in [0.3, 0.4) is 0 Å². The number of rotatable bonds is 6. The van der Waals surface area contributed by atoms with Crippen molar-refractivity contribution in [3.8, 4) is 5.82 Å². The summed E-state index contributed by atoms with van der Waals surface area (Å²) in [6, 6.07) is 27.7. The Morgan fingerprint density at radius 1 is 0.765 bits per heavy atom. The molecule has 0 saturated carbocycles. The van der Waals surface area contributed by atoms with Crippen LogP contribution in [0.5, 0.6) is 0 Å². The van der Waals surface area contributed by atoms with Gasteiger partial charge in [0.2, 0.25) is 10.0 Å². The summed E-state index contributed by atoms with van der Waals surface area (Å²) in [5.41, 5.74) is 3.44. The maximum atomic E-state index is 13.1. The topological polar surface area (TPSA) is 77.9 Å². The minimum Gasteiger partial charge on any atom is -0.425 e. The highest BCUT2D eigenvalue weighted by molar-refractivity contribution is 9.10.